The summed E-state index contributed by atoms with van der Waals surface area (Å²) >= 11 is 0.752. The van der Waals surface area contributed by atoms with Crippen LogP contribution >= 0.6 is 11.5 Å². The van der Waals surface area contributed by atoms with Crippen LogP contribution in [0.2, 0.25) is 0 Å². The Morgan fingerprint density at radius 3 is 2.50 bits per heavy atom. The second-order valence-electron chi connectivity index (χ2n) is 7.31. The molecule has 0 aliphatic rings. The highest BCUT2D eigenvalue weighted by molar-refractivity contribution is 7.91. The lowest BCUT2D eigenvalue weighted by Gasteiger charge is -2.15. The van der Waals surface area contributed by atoms with Crippen LogP contribution in [-0.2, 0) is 14.6 Å². The van der Waals surface area contributed by atoms with Gasteiger partial charge < -0.3 is 4.57 Å². The number of aryl methyl sites for hydroxylation is 3. The highest BCUT2D eigenvalue weighted by atomic mass is 32.2. The van der Waals surface area contributed by atoms with Crippen molar-refractivity contribution >= 4 is 38.5 Å². The van der Waals surface area contributed by atoms with Crippen molar-refractivity contribution in [1.82, 2.24) is 13.9 Å². The number of benzene rings is 1. The zero-order valence-electron chi connectivity index (χ0n) is 18.4. The van der Waals surface area contributed by atoms with Crippen molar-refractivity contribution in [3.05, 3.63) is 57.9 Å². The number of nitriles is 1. The average Bonchev–Trinajstić information content (AvgIpc) is 3.32. The van der Waals surface area contributed by atoms with Gasteiger partial charge in [-0.3, -0.25) is 10.1 Å². The number of carbonyl (C=O) groups excluding carboxylic acids is 1. The van der Waals surface area contributed by atoms with Crippen LogP contribution < -0.4 is 5.32 Å². The van der Waals surface area contributed by atoms with Crippen LogP contribution in [0, 0.1) is 39.0 Å². The van der Waals surface area contributed by atoms with Gasteiger partial charge in [0.25, 0.3) is 11.1 Å². The third-order valence-corrected chi connectivity index (χ3v) is 7.33. The van der Waals surface area contributed by atoms with E-state index in [1.165, 1.54) is 13.0 Å². The van der Waals surface area contributed by atoms with Crippen LogP contribution in [-0.4, -0.2) is 34.0 Å². The van der Waals surface area contributed by atoms with Crippen LogP contribution in [0.1, 0.15) is 35.0 Å². The van der Waals surface area contributed by atoms with Gasteiger partial charge in [0, 0.05) is 22.9 Å². The summed E-state index contributed by atoms with van der Waals surface area (Å²) in [6, 6.07) is 9.92. The van der Waals surface area contributed by atoms with E-state index in [0.717, 1.165) is 45.3 Å². The Kier molecular flexibility index (Phi) is 6.62. The summed E-state index contributed by atoms with van der Waals surface area (Å²) in [5.41, 5.74) is 5.80. The molecule has 0 spiro atoms. The first kappa shape index (κ1) is 23.4. The molecular formula is C22H23N5O3S2. The Hall–Kier alpha value is -3.29. The van der Waals surface area contributed by atoms with E-state index in [1.807, 2.05) is 58.0 Å². The number of sulfone groups is 1. The van der Waals surface area contributed by atoms with Gasteiger partial charge in [-0.25, -0.2) is 8.42 Å². The minimum Gasteiger partial charge on any atom is -0.317 e. The van der Waals surface area contributed by atoms with Crippen molar-refractivity contribution in [2.75, 3.05) is 11.1 Å². The summed E-state index contributed by atoms with van der Waals surface area (Å²) in [5, 5.41) is 11.7. The first-order valence-corrected chi connectivity index (χ1v) is 12.3. The average molecular weight is 470 g/mol. The summed E-state index contributed by atoms with van der Waals surface area (Å²) in [5.74, 6) is -0.822. The number of aromatic nitrogens is 3. The molecule has 0 saturated carbocycles. The maximum absolute atomic E-state index is 12.6. The summed E-state index contributed by atoms with van der Waals surface area (Å²) in [7, 11) is -3.57. The van der Waals surface area contributed by atoms with Gasteiger partial charge in [0.2, 0.25) is 15.0 Å². The zero-order chi connectivity index (χ0) is 23.6. The first-order chi connectivity index (χ1) is 15.1. The molecule has 0 aliphatic carbocycles. The molecule has 0 bridgehead atoms. The van der Waals surface area contributed by atoms with Crippen molar-refractivity contribution < 1.29 is 13.2 Å². The number of hydrogen-bond acceptors (Lipinski definition) is 7. The number of nitrogens with one attached hydrogen (secondary N) is 1. The number of rotatable bonds is 6. The van der Waals surface area contributed by atoms with Gasteiger partial charge in [0.1, 0.15) is 11.6 Å². The normalized spacial score (nSPS) is 11.9. The minimum absolute atomic E-state index is 0.0178. The monoisotopic (exact) mass is 469 g/mol. The molecule has 1 aromatic carbocycles. The van der Waals surface area contributed by atoms with E-state index in [-0.39, 0.29) is 21.6 Å². The molecule has 0 unspecified atom stereocenters. The largest absolute Gasteiger partial charge is 0.317 e. The molecule has 1 N–H and O–H groups in total. The molecule has 3 aromatic rings. The molecule has 166 valence electrons. The molecule has 2 heterocycles. The standard InChI is InChI=1S/C22H23N5O3S2/c1-6-32(29,30)22-25-21(31-26-22)24-20(28)18(12-23)11-17-10-15(4)27(16(17)5)19-13(2)8-7-9-14(19)3/h7-11H,6H2,1-5H3,(H,24,25,26,28)/b18-11-. The molecule has 0 aliphatic heterocycles. The fraction of sp³-hybridized carbons (Fsp3) is 0.273. The first-order valence-electron chi connectivity index (χ1n) is 9.84. The van der Waals surface area contributed by atoms with Crippen LogP contribution in [0.15, 0.2) is 35.0 Å². The molecule has 32 heavy (non-hydrogen) atoms. The lowest BCUT2D eigenvalue weighted by atomic mass is 10.1. The fourth-order valence-corrected chi connectivity index (χ4v) is 5.00. The van der Waals surface area contributed by atoms with Crippen LogP contribution in [0.3, 0.4) is 0 Å². The number of amides is 1. The summed E-state index contributed by atoms with van der Waals surface area (Å²) in [6.07, 6.45) is 1.52. The zero-order valence-corrected chi connectivity index (χ0v) is 20.1. The second kappa shape index (κ2) is 9.06. The molecule has 0 radical (unpaired) electrons. The number of hydrogen-bond donors (Lipinski definition) is 1. The van der Waals surface area contributed by atoms with Crippen molar-refractivity contribution in [3.63, 3.8) is 0 Å². The molecule has 2 aromatic heterocycles. The van der Waals surface area contributed by atoms with Crippen LogP contribution in [0.25, 0.3) is 11.8 Å². The van der Waals surface area contributed by atoms with E-state index in [0.29, 0.717) is 0 Å². The summed E-state index contributed by atoms with van der Waals surface area (Å²) in [4.78, 5) is 16.5. The second-order valence-corrected chi connectivity index (χ2v) is 10.2. The molecule has 0 atom stereocenters. The summed E-state index contributed by atoms with van der Waals surface area (Å²) in [6.45, 7) is 9.48. The van der Waals surface area contributed by atoms with E-state index >= 15 is 0 Å². The Morgan fingerprint density at radius 1 is 1.25 bits per heavy atom. The number of para-hydroxylation sites is 1. The predicted molar refractivity (Wildman–Crippen MR) is 125 cm³/mol. The van der Waals surface area contributed by atoms with Crippen molar-refractivity contribution in [1.29, 1.82) is 5.26 Å². The predicted octanol–water partition coefficient (Wildman–Crippen LogP) is 3.90. The van der Waals surface area contributed by atoms with Gasteiger partial charge in [-0.2, -0.15) is 14.6 Å². The van der Waals surface area contributed by atoms with Gasteiger partial charge in [0.15, 0.2) is 0 Å². The maximum atomic E-state index is 12.6. The van der Waals surface area contributed by atoms with Gasteiger partial charge in [-0.1, -0.05) is 25.1 Å². The van der Waals surface area contributed by atoms with Gasteiger partial charge in [0.05, 0.1) is 11.4 Å². The van der Waals surface area contributed by atoms with Gasteiger partial charge >= 0.3 is 0 Å². The lowest BCUT2D eigenvalue weighted by Crippen LogP contribution is -2.14. The smallest absolute Gasteiger partial charge is 0.268 e. The lowest BCUT2D eigenvalue weighted by molar-refractivity contribution is -0.112. The Labute approximate surface area is 191 Å². The maximum Gasteiger partial charge on any atom is 0.268 e. The Balaban J connectivity index is 1.94. The molecular weight excluding hydrogens is 446 g/mol. The quantitative estimate of drug-likeness (QED) is 0.432. The Bertz CT molecular complexity index is 1350. The minimum atomic E-state index is -3.57. The van der Waals surface area contributed by atoms with E-state index in [9.17, 15) is 18.5 Å². The number of nitrogens with zero attached hydrogens (tertiary/aromatic N) is 4. The highest BCUT2D eigenvalue weighted by Gasteiger charge is 2.20. The molecule has 8 nitrogen and oxygen atoms in total. The third-order valence-electron chi connectivity index (χ3n) is 5.08. The number of anilines is 1. The molecule has 10 heteroatoms. The molecule has 0 fully saturated rings. The molecule has 3 rings (SSSR count). The third kappa shape index (κ3) is 4.49. The van der Waals surface area contributed by atoms with Gasteiger partial charge in [-0.05, 0) is 56.5 Å². The van der Waals surface area contributed by atoms with E-state index in [2.05, 4.69) is 19.2 Å². The SMILES string of the molecule is CCS(=O)(=O)c1nsc(NC(=O)/C(C#N)=C\c2cc(C)n(-c3c(C)cccc3C)c2C)n1. The van der Waals surface area contributed by atoms with Crippen molar-refractivity contribution in [3.8, 4) is 11.8 Å². The highest BCUT2D eigenvalue weighted by Crippen LogP contribution is 2.27. The number of carbonyl (C=O) groups is 1. The van der Waals surface area contributed by atoms with E-state index in [1.54, 1.807) is 0 Å². The topological polar surface area (TPSA) is 118 Å². The van der Waals surface area contributed by atoms with E-state index in [4.69, 9.17) is 0 Å². The Morgan fingerprint density at radius 2 is 1.91 bits per heavy atom. The van der Waals surface area contributed by atoms with Gasteiger partial charge in [-0.15, -0.1) is 0 Å². The van der Waals surface area contributed by atoms with Crippen molar-refractivity contribution in [2.24, 2.45) is 0 Å². The van der Waals surface area contributed by atoms with E-state index < -0.39 is 15.7 Å². The fourth-order valence-electron chi connectivity index (χ4n) is 3.42. The summed E-state index contributed by atoms with van der Waals surface area (Å²) < 4.78 is 29.6. The van der Waals surface area contributed by atoms with Crippen molar-refractivity contribution in [2.45, 2.75) is 39.8 Å². The van der Waals surface area contributed by atoms with Crippen LogP contribution in [0.4, 0.5) is 5.13 Å². The molecule has 0 saturated heterocycles. The van der Waals surface area contributed by atoms with Crippen LogP contribution in [0.5, 0.6) is 0 Å². The molecule has 1 amide bonds.